The SMILES string of the molecule is C#CCOC(=O)N1CCC[C@H](c2ccn[nH]2)[C@@H]1COC1CCC(c2ccccc2)CC1. The van der Waals surface area contributed by atoms with E-state index in [0.717, 1.165) is 44.2 Å². The molecule has 6 heteroatoms. The summed E-state index contributed by atoms with van der Waals surface area (Å²) in [5, 5.41) is 7.20. The normalized spacial score (nSPS) is 26.2. The summed E-state index contributed by atoms with van der Waals surface area (Å²) in [6.45, 7) is 1.14. The smallest absolute Gasteiger partial charge is 0.411 e. The van der Waals surface area contributed by atoms with Crippen LogP contribution in [0.5, 0.6) is 0 Å². The summed E-state index contributed by atoms with van der Waals surface area (Å²) in [6, 6.07) is 12.6. The van der Waals surface area contributed by atoms with E-state index in [9.17, 15) is 4.79 Å². The number of nitrogens with zero attached hydrogens (tertiary/aromatic N) is 2. The summed E-state index contributed by atoms with van der Waals surface area (Å²) in [6.07, 6.45) is 13.2. The number of carbonyl (C=O) groups is 1. The first kappa shape index (κ1) is 21.5. The number of benzene rings is 1. The Morgan fingerprint density at radius 3 is 2.68 bits per heavy atom. The average molecular weight is 422 g/mol. The van der Waals surface area contributed by atoms with Crippen LogP contribution < -0.4 is 0 Å². The number of aromatic nitrogens is 2. The van der Waals surface area contributed by atoms with E-state index in [-0.39, 0.29) is 30.8 Å². The van der Waals surface area contributed by atoms with Gasteiger partial charge < -0.3 is 14.4 Å². The monoisotopic (exact) mass is 421 g/mol. The van der Waals surface area contributed by atoms with Crippen molar-refractivity contribution in [2.45, 2.75) is 62.5 Å². The number of nitrogens with one attached hydrogen (secondary N) is 1. The molecule has 1 saturated carbocycles. The van der Waals surface area contributed by atoms with E-state index in [0.29, 0.717) is 19.1 Å². The molecule has 2 heterocycles. The predicted molar refractivity (Wildman–Crippen MR) is 119 cm³/mol. The van der Waals surface area contributed by atoms with Crippen LogP contribution in [0.1, 0.15) is 61.6 Å². The molecule has 2 fully saturated rings. The van der Waals surface area contributed by atoms with Crippen molar-refractivity contribution >= 4 is 6.09 Å². The quantitative estimate of drug-likeness (QED) is 0.699. The lowest BCUT2D eigenvalue weighted by Gasteiger charge is -2.41. The molecule has 1 saturated heterocycles. The number of rotatable bonds is 6. The summed E-state index contributed by atoms with van der Waals surface area (Å²) in [4.78, 5) is 14.5. The van der Waals surface area contributed by atoms with Gasteiger partial charge in [-0.05, 0) is 56.1 Å². The number of H-pyrrole nitrogens is 1. The molecule has 2 aliphatic rings. The molecular formula is C25H31N3O3. The number of hydrogen-bond donors (Lipinski definition) is 1. The van der Waals surface area contributed by atoms with Gasteiger partial charge in [-0.1, -0.05) is 36.3 Å². The number of ether oxygens (including phenoxy) is 2. The molecule has 0 bridgehead atoms. The molecule has 1 amide bonds. The minimum Gasteiger partial charge on any atom is -0.436 e. The van der Waals surface area contributed by atoms with Crippen LogP contribution >= 0.6 is 0 Å². The minimum atomic E-state index is -0.358. The number of carbonyl (C=O) groups excluding carboxylic acids is 1. The van der Waals surface area contributed by atoms with Gasteiger partial charge in [0.15, 0.2) is 6.61 Å². The van der Waals surface area contributed by atoms with Crippen LogP contribution in [-0.4, -0.2) is 53.1 Å². The first-order valence-electron chi connectivity index (χ1n) is 11.3. The van der Waals surface area contributed by atoms with Gasteiger partial charge in [0.25, 0.3) is 0 Å². The van der Waals surface area contributed by atoms with Crippen LogP contribution in [-0.2, 0) is 9.47 Å². The van der Waals surface area contributed by atoms with Crippen molar-refractivity contribution in [1.82, 2.24) is 15.1 Å². The van der Waals surface area contributed by atoms with Crippen LogP contribution in [0.15, 0.2) is 42.6 Å². The Balaban J connectivity index is 1.38. The highest BCUT2D eigenvalue weighted by Crippen LogP contribution is 2.36. The third-order valence-corrected chi connectivity index (χ3v) is 6.66. The van der Waals surface area contributed by atoms with E-state index in [1.807, 2.05) is 6.07 Å². The second-order valence-corrected chi connectivity index (χ2v) is 8.50. The lowest BCUT2D eigenvalue weighted by Crippen LogP contribution is -2.50. The Hall–Kier alpha value is -2.78. The second-order valence-electron chi connectivity index (χ2n) is 8.50. The summed E-state index contributed by atoms with van der Waals surface area (Å²) in [5.74, 6) is 3.14. The summed E-state index contributed by atoms with van der Waals surface area (Å²) in [5.41, 5.74) is 2.46. The van der Waals surface area contributed by atoms with Crippen molar-refractivity contribution < 1.29 is 14.3 Å². The van der Waals surface area contributed by atoms with E-state index in [2.05, 4.69) is 46.4 Å². The number of likely N-dealkylation sites (tertiary alicyclic amines) is 1. The Labute approximate surface area is 184 Å². The van der Waals surface area contributed by atoms with Gasteiger partial charge in [-0.2, -0.15) is 5.10 Å². The Morgan fingerprint density at radius 2 is 1.97 bits per heavy atom. The van der Waals surface area contributed by atoms with Crippen molar-refractivity contribution in [1.29, 1.82) is 0 Å². The molecule has 0 radical (unpaired) electrons. The van der Waals surface area contributed by atoms with Crippen molar-refractivity contribution in [2.24, 2.45) is 0 Å². The number of piperidine rings is 1. The fraction of sp³-hybridized carbons (Fsp3) is 0.520. The fourth-order valence-electron chi connectivity index (χ4n) is 5.03. The third-order valence-electron chi connectivity index (χ3n) is 6.66. The van der Waals surface area contributed by atoms with Crippen LogP contribution in [0.4, 0.5) is 4.79 Å². The van der Waals surface area contributed by atoms with Gasteiger partial charge in [0.1, 0.15) is 0 Å². The van der Waals surface area contributed by atoms with Gasteiger partial charge in [-0.3, -0.25) is 5.10 Å². The second kappa shape index (κ2) is 10.5. The highest BCUT2D eigenvalue weighted by Gasteiger charge is 2.37. The largest absolute Gasteiger partial charge is 0.436 e. The lowest BCUT2D eigenvalue weighted by atomic mass is 9.82. The van der Waals surface area contributed by atoms with Gasteiger partial charge in [-0.15, -0.1) is 6.42 Å². The maximum absolute atomic E-state index is 12.7. The van der Waals surface area contributed by atoms with Crippen molar-refractivity contribution in [3.8, 4) is 12.3 Å². The molecule has 1 aromatic carbocycles. The van der Waals surface area contributed by atoms with E-state index in [1.165, 1.54) is 5.56 Å². The molecule has 6 nitrogen and oxygen atoms in total. The molecule has 2 atom stereocenters. The zero-order valence-electron chi connectivity index (χ0n) is 17.9. The maximum atomic E-state index is 12.7. The van der Waals surface area contributed by atoms with Crippen molar-refractivity contribution in [3.63, 3.8) is 0 Å². The predicted octanol–water partition coefficient (Wildman–Crippen LogP) is 4.47. The summed E-state index contributed by atoms with van der Waals surface area (Å²) in [7, 11) is 0. The van der Waals surface area contributed by atoms with Gasteiger partial charge in [0, 0.05) is 24.4 Å². The van der Waals surface area contributed by atoms with Crippen molar-refractivity contribution in [3.05, 3.63) is 53.9 Å². The lowest BCUT2D eigenvalue weighted by molar-refractivity contribution is -0.0251. The highest BCUT2D eigenvalue weighted by molar-refractivity contribution is 5.68. The molecule has 1 N–H and O–H groups in total. The number of aromatic amines is 1. The Morgan fingerprint density at radius 1 is 1.16 bits per heavy atom. The third kappa shape index (κ3) is 5.29. The molecule has 0 spiro atoms. The van der Waals surface area contributed by atoms with Crippen LogP contribution in [0, 0.1) is 12.3 Å². The Kier molecular flexibility index (Phi) is 7.26. The van der Waals surface area contributed by atoms with E-state index >= 15 is 0 Å². The Bertz CT molecular complexity index is 854. The zero-order chi connectivity index (χ0) is 21.5. The molecular weight excluding hydrogens is 390 g/mol. The first-order valence-corrected chi connectivity index (χ1v) is 11.3. The topological polar surface area (TPSA) is 67.5 Å². The molecule has 164 valence electrons. The van der Waals surface area contributed by atoms with E-state index in [1.54, 1.807) is 11.1 Å². The average Bonchev–Trinajstić information content (AvgIpc) is 3.37. The van der Waals surface area contributed by atoms with Crippen LogP contribution in [0.3, 0.4) is 0 Å². The molecule has 1 aliphatic heterocycles. The molecule has 1 aliphatic carbocycles. The summed E-state index contributed by atoms with van der Waals surface area (Å²) < 4.78 is 11.6. The standard InChI is InChI=1S/C25H31N3O3/c1-2-17-30-25(29)28-16-6-9-22(23-14-15-26-27-23)24(28)18-31-21-12-10-20(11-13-21)19-7-4-3-5-8-19/h1,3-5,7-8,14-15,20-22,24H,6,9-13,16-18H2,(H,26,27)/t20?,21?,22-,24+/m1/s1. The van der Waals surface area contributed by atoms with Gasteiger partial charge in [0.2, 0.25) is 0 Å². The molecule has 0 unspecified atom stereocenters. The van der Waals surface area contributed by atoms with Gasteiger partial charge in [-0.25, -0.2) is 4.79 Å². The zero-order valence-corrected chi connectivity index (χ0v) is 17.9. The number of amides is 1. The van der Waals surface area contributed by atoms with Crippen molar-refractivity contribution in [2.75, 3.05) is 19.8 Å². The number of terminal acetylenes is 1. The molecule has 2 aromatic rings. The fourth-order valence-corrected chi connectivity index (χ4v) is 5.03. The van der Waals surface area contributed by atoms with E-state index < -0.39 is 0 Å². The molecule has 1 aromatic heterocycles. The van der Waals surface area contributed by atoms with Crippen LogP contribution in [0.2, 0.25) is 0 Å². The minimum absolute atomic E-state index is 0.0128. The highest BCUT2D eigenvalue weighted by atomic mass is 16.6. The van der Waals surface area contributed by atoms with Gasteiger partial charge >= 0.3 is 6.09 Å². The van der Waals surface area contributed by atoms with Gasteiger partial charge in [0.05, 0.1) is 18.8 Å². The van der Waals surface area contributed by atoms with E-state index in [4.69, 9.17) is 15.9 Å². The first-order chi connectivity index (χ1) is 15.3. The molecule has 4 rings (SSSR count). The van der Waals surface area contributed by atoms with Crippen LogP contribution in [0.25, 0.3) is 0 Å². The maximum Gasteiger partial charge on any atom is 0.411 e. The molecule has 31 heavy (non-hydrogen) atoms. The summed E-state index contributed by atoms with van der Waals surface area (Å²) >= 11 is 0. The number of hydrogen-bond acceptors (Lipinski definition) is 4.